The summed E-state index contributed by atoms with van der Waals surface area (Å²) >= 11 is 10.1. The summed E-state index contributed by atoms with van der Waals surface area (Å²) in [5.41, 5.74) is 0.746. The summed E-state index contributed by atoms with van der Waals surface area (Å²) in [6.45, 7) is 0. The van der Waals surface area contributed by atoms with Crippen molar-refractivity contribution in [3.05, 3.63) is 71.2 Å². The largest absolute Gasteiger partial charge is 0.497 e. The molecule has 0 radical (unpaired) electrons. The van der Waals surface area contributed by atoms with Crippen molar-refractivity contribution in [3.63, 3.8) is 0 Å². The van der Waals surface area contributed by atoms with E-state index in [0.29, 0.717) is 28.5 Å². The van der Waals surface area contributed by atoms with E-state index in [9.17, 15) is 9.59 Å². The molecule has 0 unspecified atom stereocenters. The van der Waals surface area contributed by atoms with Gasteiger partial charge in [-0.3, -0.25) is 19.6 Å². The predicted molar refractivity (Wildman–Crippen MR) is 102 cm³/mol. The molecule has 0 amide bonds. The Hall–Kier alpha value is -2.98. The quantitative estimate of drug-likeness (QED) is 0.337. The average Bonchev–Trinajstić information content (AvgIpc) is 2.59. The van der Waals surface area contributed by atoms with Crippen LogP contribution in [0.4, 0.5) is 11.6 Å². The van der Waals surface area contributed by atoms with Gasteiger partial charge in [-0.15, -0.1) is 0 Å². The van der Waals surface area contributed by atoms with Gasteiger partial charge < -0.3 is 20.0 Å². The van der Waals surface area contributed by atoms with Crippen LogP contribution in [-0.4, -0.2) is 27.0 Å². The van der Waals surface area contributed by atoms with Gasteiger partial charge in [0.2, 0.25) is 0 Å². The number of H-pyrrole nitrogens is 4. The smallest absolute Gasteiger partial charge is 0.257 e. The second-order valence-corrected chi connectivity index (χ2v) is 6.54. The maximum absolute atomic E-state index is 12.6. The Balaban J connectivity index is 2.06. The van der Waals surface area contributed by atoms with Crippen molar-refractivity contribution in [2.24, 2.45) is 0 Å². The van der Waals surface area contributed by atoms with Crippen molar-refractivity contribution >= 4 is 36.1 Å². The third kappa shape index (κ3) is 2.59. The van der Waals surface area contributed by atoms with Gasteiger partial charge in [0.1, 0.15) is 17.4 Å². The van der Waals surface area contributed by atoms with Gasteiger partial charge in [0.25, 0.3) is 11.1 Å². The third-order valence-corrected chi connectivity index (χ3v) is 4.64. The molecule has 0 bridgehead atoms. The van der Waals surface area contributed by atoms with Crippen molar-refractivity contribution in [1.29, 1.82) is 0 Å². The van der Waals surface area contributed by atoms with Gasteiger partial charge in [-0.1, -0.05) is 12.1 Å². The first-order valence-electron chi connectivity index (χ1n) is 7.62. The van der Waals surface area contributed by atoms with E-state index in [-0.39, 0.29) is 20.7 Å². The zero-order valence-corrected chi connectivity index (χ0v) is 15.1. The third-order valence-electron chi connectivity index (χ3n) is 4.24. The Bertz CT molecular complexity index is 1160. The molecule has 132 valence electrons. The van der Waals surface area contributed by atoms with E-state index in [1.807, 2.05) is 12.1 Å². The van der Waals surface area contributed by atoms with Crippen LogP contribution in [0.15, 0.2) is 33.9 Å². The summed E-state index contributed by atoms with van der Waals surface area (Å²) in [5, 5.41) is 3.02. The lowest BCUT2D eigenvalue weighted by Crippen LogP contribution is -2.31. The van der Waals surface area contributed by atoms with E-state index in [1.54, 1.807) is 19.2 Å². The topological polar surface area (TPSA) is 119 Å². The molecule has 3 heterocycles. The maximum atomic E-state index is 12.6. The number of aromatic amines is 4. The zero-order valence-electron chi connectivity index (χ0n) is 13.4. The number of aromatic nitrogens is 4. The highest BCUT2D eigenvalue weighted by Gasteiger charge is 2.33. The Labute approximate surface area is 156 Å². The molecule has 26 heavy (non-hydrogen) atoms. The van der Waals surface area contributed by atoms with Crippen LogP contribution < -0.4 is 21.2 Å². The standard InChI is InChI=1S/C16H13N5O3S2/c1-24-7-4-2-6(3-5-7)8-9-11(18-15(25)20-13(9)22)17-12-10(8)14(23)21-16(26)19-12/h2-5,8H,1H3,(H5,17,18,19,20,21,22,23,25,26). The first-order valence-corrected chi connectivity index (χ1v) is 8.43. The minimum atomic E-state index is -0.613. The van der Waals surface area contributed by atoms with Crippen molar-refractivity contribution in [2.45, 2.75) is 5.92 Å². The molecule has 0 saturated carbocycles. The van der Waals surface area contributed by atoms with Gasteiger partial charge in [-0.2, -0.15) is 0 Å². The predicted octanol–water partition coefficient (Wildman–Crippen LogP) is 2.42. The van der Waals surface area contributed by atoms with Gasteiger partial charge >= 0.3 is 0 Å². The number of ether oxygens (including phenoxy) is 1. The molecule has 1 aromatic carbocycles. The molecule has 0 aliphatic carbocycles. The van der Waals surface area contributed by atoms with E-state index < -0.39 is 5.92 Å². The molecule has 3 aromatic rings. The number of methoxy groups -OCH3 is 1. The number of rotatable bonds is 2. The minimum Gasteiger partial charge on any atom is -0.497 e. The number of fused-ring (bicyclic) bond motifs is 2. The van der Waals surface area contributed by atoms with E-state index in [0.717, 1.165) is 5.56 Å². The molecule has 8 nitrogen and oxygen atoms in total. The van der Waals surface area contributed by atoms with Crippen LogP contribution in [0.2, 0.25) is 0 Å². The SMILES string of the molecule is COc1ccc(C2c3c([nH]c(=S)[nH]c3=O)Nc3[nH]c(=S)[nH]c(=O)c32)cc1. The normalized spacial score (nSPS) is 12.8. The number of hydrogen-bond acceptors (Lipinski definition) is 6. The summed E-state index contributed by atoms with van der Waals surface area (Å²) in [7, 11) is 1.57. The minimum absolute atomic E-state index is 0.182. The zero-order chi connectivity index (χ0) is 18.4. The highest BCUT2D eigenvalue weighted by molar-refractivity contribution is 7.71. The molecule has 0 spiro atoms. The van der Waals surface area contributed by atoms with Crippen LogP contribution in [-0.2, 0) is 0 Å². The summed E-state index contributed by atoms with van der Waals surface area (Å²) in [5.74, 6) is 0.899. The fourth-order valence-electron chi connectivity index (χ4n) is 3.14. The van der Waals surface area contributed by atoms with E-state index in [1.165, 1.54) is 0 Å². The summed E-state index contributed by atoms with van der Waals surface area (Å²) in [6.07, 6.45) is 0. The van der Waals surface area contributed by atoms with Gasteiger partial charge in [0.05, 0.1) is 24.2 Å². The van der Waals surface area contributed by atoms with Gasteiger partial charge in [0.15, 0.2) is 9.54 Å². The number of nitrogens with one attached hydrogen (secondary N) is 5. The van der Waals surface area contributed by atoms with Gasteiger partial charge in [-0.05, 0) is 42.1 Å². The monoisotopic (exact) mass is 387 g/mol. The Morgan fingerprint density at radius 2 is 1.35 bits per heavy atom. The molecule has 1 aliphatic rings. The molecule has 5 N–H and O–H groups in total. The summed E-state index contributed by atoms with van der Waals surface area (Å²) in [4.78, 5) is 36.3. The second kappa shape index (κ2) is 6.07. The Morgan fingerprint density at radius 3 is 1.81 bits per heavy atom. The molecule has 0 atom stereocenters. The fourth-order valence-corrected chi connectivity index (χ4v) is 3.53. The van der Waals surface area contributed by atoms with Crippen molar-refractivity contribution in [2.75, 3.05) is 12.4 Å². The number of hydrogen-bond donors (Lipinski definition) is 5. The molecule has 0 saturated heterocycles. The van der Waals surface area contributed by atoms with Gasteiger partial charge in [0, 0.05) is 0 Å². The molecular weight excluding hydrogens is 374 g/mol. The lowest BCUT2D eigenvalue weighted by atomic mass is 9.84. The van der Waals surface area contributed by atoms with Crippen molar-refractivity contribution in [3.8, 4) is 5.75 Å². The molecule has 2 aromatic heterocycles. The first-order chi connectivity index (χ1) is 12.5. The highest BCUT2D eigenvalue weighted by atomic mass is 32.1. The van der Waals surface area contributed by atoms with Crippen LogP contribution in [0.1, 0.15) is 22.6 Å². The molecule has 0 fully saturated rings. The van der Waals surface area contributed by atoms with Crippen molar-refractivity contribution < 1.29 is 4.74 Å². The Morgan fingerprint density at radius 1 is 0.846 bits per heavy atom. The highest BCUT2D eigenvalue weighted by Crippen LogP contribution is 2.39. The lowest BCUT2D eigenvalue weighted by Gasteiger charge is -2.27. The second-order valence-electron chi connectivity index (χ2n) is 5.73. The number of anilines is 2. The van der Waals surface area contributed by atoms with Crippen molar-refractivity contribution in [1.82, 2.24) is 19.9 Å². The van der Waals surface area contributed by atoms with Crippen LogP contribution >= 0.6 is 24.4 Å². The maximum Gasteiger partial charge on any atom is 0.257 e. The molecular formula is C16H13N5O3S2. The molecule has 1 aliphatic heterocycles. The van der Waals surface area contributed by atoms with E-state index >= 15 is 0 Å². The summed E-state index contributed by atoms with van der Waals surface area (Å²) < 4.78 is 5.55. The summed E-state index contributed by atoms with van der Waals surface area (Å²) in [6, 6.07) is 7.17. The Kier molecular flexibility index (Phi) is 3.85. The van der Waals surface area contributed by atoms with Crippen LogP contribution in [0.3, 0.4) is 0 Å². The van der Waals surface area contributed by atoms with Crippen LogP contribution in [0, 0.1) is 9.54 Å². The van der Waals surface area contributed by atoms with Gasteiger partial charge in [-0.25, -0.2) is 0 Å². The molecule has 4 rings (SSSR count). The lowest BCUT2D eigenvalue weighted by molar-refractivity contribution is 0.414. The molecule has 10 heteroatoms. The van der Waals surface area contributed by atoms with E-state index in [2.05, 4.69) is 25.3 Å². The fraction of sp³-hybridized carbons (Fsp3) is 0.125. The van der Waals surface area contributed by atoms with Crippen LogP contribution in [0.25, 0.3) is 0 Å². The number of benzene rings is 1. The van der Waals surface area contributed by atoms with Crippen LogP contribution in [0.5, 0.6) is 5.75 Å². The van der Waals surface area contributed by atoms with E-state index in [4.69, 9.17) is 29.2 Å². The average molecular weight is 387 g/mol. The first kappa shape index (κ1) is 16.5.